The van der Waals surface area contributed by atoms with E-state index in [1.54, 1.807) is 26.4 Å². The van der Waals surface area contributed by atoms with Crippen LogP contribution in [0.15, 0.2) is 35.3 Å². The first kappa shape index (κ1) is 17.4. The molecule has 0 N–H and O–H groups in total. The molecule has 8 heteroatoms. The molecule has 27 heavy (non-hydrogen) atoms. The Morgan fingerprint density at radius 1 is 1.19 bits per heavy atom. The molecule has 0 unspecified atom stereocenters. The van der Waals surface area contributed by atoms with Crippen molar-refractivity contribution < 1.29 is 23.7 Å². The highest BCUT2D eigenvalue weighted by atomic mass is 32.1. The van der Waals surface area contributed by atoms with Gasteiger partial charge in [0.15, 0.2) is 16.3 Å². The molecule has 0 radical (unpaired) electrons. The second-order valence-electron chi connectivity index (χ2n) is 5.98. The zero-order valence-electron chi connectivity index (χ0n) is 15.1. The van der Waals surface area contributed by atoms with Gasteiger partial charge < -0.3 is 23.5 Å². The van der Waals surface area contributed by atoms with Crippen molar-refractivity contribution >= 4 is 27.5 Å². The predicted molar refractivity (Wildman–Crippen MR) is 101 cm³/mol. The molecule has 1 amide bonds. The van der Waals surface area contributed by atoms with Crippen LogP contribution in [0.3, 0.4) is 0 Å². The zero-order valence-corrected chi connectivity index (χ0v) is 16.0. The number of hydrogen-bond acceptors (Lipinski definition) is 6. The lowest BCUT2D eigenvalue weighted by Crippen LogP contribution is -2.14. The normalized spacial score (nSPS) is 13.2. The lowest BCUT2D eigenvalue weighted by atomic mass is 10.1. The lowest BCUT2D eigenvalue weighted by Gasteiger charge is -2.08. The Morgan fingerprint density at radius 2 is 1.96 bits per heavy atom. The van der Waals surface area contributed by atoms with Gasteiger partial charge in [-0.25, -0.2) is 0 Å². The molecule has 0 saturated heterocycles. The quantitative estimate of drug-likeness (QED) is 0.689. The van der Waals surface area contributed by atoms with E-state index in [2.05, 4.69) is 4.99 Å². The van der Waals surface area contributed by atoms with Gasteiger partial charge in [-0.2, -0.15) is 4.99 Å². The number of fused-ring (bicyclic) bond motifs is 2. The van der Waals surface area contributed by atoms with E-state index in [0.29, 0.717) is 27.8 Å². The predicted octanol–water partition coefficient (Wildman–Crippen LogP) is 2.66. The molecule has 3 aromatic rings. The minimum absolute atomic E-state index is 0.143. The van der Waals surface area contributed by atoms with Crippen molar-refractivity contribution in [2.75, 3.05) is 21.0 Å². The number of benzene rings is 2. The molecule has 2 aromatic carbocycles. The van der Waals surface area contributed by atoms with Crippen molar-refractivity contribution in [2.24, 2.45) is 12.0 Å². The van der Waals surface area contributed by atoms with Crippen LogP contribution in [0.2, 0.25) is 0 Å². The molecular formula is C19H18N2O5S. The molecule has 2 heterocycles. The largest absolute Gasteiger partial charge is 0.497 e. The number of aromatic nitrogens is 1. The van der Waals surface area contributed by atoms with E-state index in [9.17, 15) is 4.79 Å². The summed E-state index contributed by atoms with van der Waals surface area (Å²) in [4.78, 5) is 17.4. The second-order valence-corrected chi connectivity index (χ2v) is 6.99. The molecule has 0 spiro atoms. The SMILES string of the molecule is COc1ccc(CC(=O)N=c2sc3cc4c(cc3n2C)OCO4)c(OC)c1. The number of methoxy groups -OCH3 is 2. The molecule has 0 atom stereocenters. The number of carbonyl (C=O) groups excluding carboxylic acids is 1. The number of nitrogens with zero attached hydrogens (tertiary/aromatic N) is 2. The van der Waals surface area contributed by atoms with E-state index in [4.69, 9.17) is 18.9 Å². The number of rotatable bonds is 4. The Kier molecular flexibility index (Phi) is 4.49. The number of thiazole rings is 1. The first-order valence-corrected chi connectivity index (χ1v) is 9.08. The molecule has 0 fully saturated rings. The van der Waals surface area contributed by atoms with Crippen LogP contribution >= 0.6 is 11.3 Å². The fourth-order valence-corrected chi connectivity index (χ4v) is 3.98. The van der Waals surface area contributed by atoms with E-state index in [-0.39, 0.29) is 19.1 Å². The van der Waals surface area contributed by atoms with Crippen molar-refractivity contribution in [1.82, 2.24) is 4.57 Å². The van der Waals surface area contributed by atoms with Crippen LogP contribution in [0.25, 0.3) is 10.2 Å². The molecule has 1 aromatic heterocycles. The van der Waals surface area contributed by atoms with Gasteiger partial charge in [-0.3, -0.25) is 4.79 Å². The maximum Gasteiger partial charge on any atom is 0.252 e. The van der Waals surface area contributed by atoms with Gasteiger partial charge in [-0.05, 0) is 6.07 Å². The third-order valence-electron chi connectivity index (χ3n) is 4.36. The summed E-state index contributed by atoms with van der Waals surface area (Å²) in [5, 5.41) is 0. The van der Waals surface area contributed by atoms with Crippen molar-refractivity contribution in [1.29, 1.82) is 0 Å². The van der Waals surface area contributed by atoms with Gasteiger partial charge in [-0.15, -0.1) is 0 Å². The van der Waals surface area contributed by atoms with Crippen LogP contribution in [-0.2, 0) is 18.3 Å². The van der Waals surface area contributed by atoms with Crippen LogP contribution in [-0.4, -0.2) is 31.5 Å². The minimum atomic E-state index is -0.249. The minimum Gasteiger partial charge on any atom is -0.497 e. The average Bonchev–Trinajstić information content (AvgIpc) is 3.24. The Morgan fingerprint density at radius 3 is 2.70 bits per heavy atom. The first-order valence-electron chi connectivity index (χ1n) is 8.26. The summed E-state index contributed by atoms with van der Waals surface area (Å²) < 4.78 is 24.2. The maximum absolute atomic E-state index is 12.5. The summed E-state index contributed by atoms with van der Waals surface area (Å²) in [6, 6.07) is 9.19. The van der Waals surface area contributed by atoms with Gasteiger partial charge in [0.2, 0.25) is 6.79 Å². The highest BCUT2D eigenvalue weighted by molar-refractivity contribution is 7.16. The molecule has 140 valence electrons. The van der Waals surface area contributed by atoms with Crippen molar-refractivity contribution in [3.05, 3.63) is 40.7 Å². The van der Waals surface area contributed by atoms with E-state index >= 15 is 0 Å². The highest BCUT2D eigenvalue weighted by Crippen LogP contribution is 2.36. The lowest BCUT2D eigenvalue weighted by molar-refractivity contribution is -0.117. The summed E-state index contributed by atoms with van der Waals surface area (Å²) in [5.41, 5.74) is 1.70. The molecule has 0 bridgehead atoms. The first-order chi connectivity index (χ1) is 13.1. The molecule has 0 saturated carbocycles. The van der Waals surface area contributed by atoms with Crippen LogP contribution in [0.5, 0.6) is 23.0 Å². The van der Waals surface area contributed by atoms with Gasteiger partial charge in [0.25, 0.3) is 5.91 Å². The summed E-state index contributed by atoms with van der Waals surface area (Å²) in [7, 11) is 5.03. The van der Waals surface area contributed by atoms with E-state index in [1.807, 2.05) is 29.8 Å². The maximum atomic E-state index is 12.5. The number of aryl methyl sites for hydroxylation is 1. The van der Waals surface area contributed by atoms with Crippen molar-refractivity contribution in [2.45, 2.75) is 6.42 Å². The highest BCUT2D eigenvalue weighted by Gasteiger charge is 2.17. The third kappa shape index (κ3) is 3.23. The van der Waals surface area contributed by atoms with E-state index < -0.39 is 0 Å². The Bertz CT molecular complexity index is 1100. The number of ether oxygens (including phenoxy) is 4. The topological polar surface area (TPSA) is 71.3 Å². The molecular weight excluding hydrogens is 368 g/mol. The molecule has 1 aliphatic heterocycles. The monoisotopic (exact) mass is 386 g/mol. The van der Waals surface area contributed by atoms with Gasteiger partial charge in [0, 0.05) is 30.8 Å². The van der Waals surface area contributed by atoms with Crippen LogP contribution in [0, 0.1) is 0 Å². The van der Waals surface area contributed by atoms with Crippen LogP contribution in [0.1, 0.15) is 5.56 Å². The standard InChI is InChI=1S/C19H18N2O5S/c1-21-13-8-15-16(26-10-25-15)9-17(13)27-19(21)20-18(22)6-11-4-5-12(23-2)7-14(11)24-3/h4-5,7-9H,6,10H2,1-3H3. The smallest absolute Gasteiger partial charge is 0.252 e. The van der Waals surface area contributed by atoms with Gasteiger partial charge in [0.05, 0.1) is 30.9 Å². The van der Waals surface area contributed by atoms with E-state index in [1.165, 1.54) is 11.3 Å². The Labute approximate surface area is 159 Å². The summed E-state index contributed by atoms with van der Waals surface area (Å²) >= 11 is 1.43. The summed E-state index contributed by atoms with van der Waals surface area (Å²) in [6.45, 7) is 0.232. The van der Waals surface area contributed by atoms with Gasteiger partial charge >= 0.3 is 0 Å². The third-order valence-corrected chi connectivity index (χ3v) is 5.45. The summed E-state index contributed by atoms with van der Waals surface area (Å²) in [5.74, 6) is 2.44. The number of amides is 1. The number of hydrogen-bond donors (Lipinski definition) is 0. The summed E-state index contributed by atoms with van der Waals surface area (Å²) in [6.07, 6.45) is 0.143. The average molecular weight is 386 g/mol. The van der Waals surface area contributed by atoms with E-state index in [0.717, 1.165) is 15.8 Å². The van der Waals surface area contributed by atoms with Crippen molar-refractivity contribution in [3.63, 3.8) is 0 Å². The fraction of sp³-hybridized carbons (Fsp3) is 0.263. The molecule has 4 rings (SSSR count). The molecule has 1 aliphatic rings. The zero-order chi connectivity index (χ0) is 19.0. The van der Waals surface area contributed by atoms with Crippen LogP contribution in [0.4, 0.5) is 0 Å². The van der Waals surface area contributed by atoms with Crippen molar-refractivity contribution in [3.8, 4) is 23.0 Å². The number of carbonyl (C=O) groups is 1. The molecule has 0 aliphatic carbocycles. The second kappa shape index (κ2) is 6.96. The Hall–Kier alpha value is -3.00. The van der Waals surface area contributed by atoms with Gasteiger partial charge in [0.1, 0.15) is 11.5 Å². The Balaban J connectivity index is 1.66. The van der Waals surface area contributed by atoms with Crippen LogP contribution < -0.4 is 23.7 Å². The molecule has 7 nitrogen and oxygen atoms in total. The fourth-order valence-electron chi connectivity index (χ4n) is 2.93. The van der Waals surface area contributed by atoms with Gasteiger partial charge in [-0.1, -0.05) is 17.4 Å².